The number of nitrogens with zero attached hydrogens (tertiary/aromatic N) is 2. The SMILES string of the molecule is Cn1c(=O)cc(N2CC(OCc3cccc4ccccc34)C2)[nH]c1=O. The second kappa shape index (κ2) is 6.22. The fourth-order valence-corrected chi connectivity index (χ4v) is 3.08. The van der Waals surface area contributed by atoms with Crippen molar-refractivity contribution < 1.29 is 4.74 Å². The van der Waals surface area contributed by atoms with Gasteiger partial charge in [0.1, 0.15) is 5.82 Å². The van der Waals surface area contributed by atoms with Gasteiger partial charge in [0, 0.05) is 26.2 Å². The Morgan fingerprint density at radius 1 is 1.12 bits per heavy atom. The molecule has 1 saturated heterocycles. The fourth-order valence-electron chi connectivity index (χ4n) is 3.08. The van der Waals surface area contributed by atoms with Crippen LogP contribution >= 0.6 is 0 Å². The van der Waals surface area contributed by atoms with Crippen molar-refractivity contribution in [2.24, 2.45) is 7.05 Å². The molecule has 0 atom stereocenters. The summed E-state index contributed by atoms with van der Waals surface area (Å²) in [6.45, 7) is 1.87. The van der Waals surface area contributed by atoms with Crippen molar-refractivity contribution in [3.63, 3.8) is 0 Å². The standard InChI is InChI=1S/C19H19N3O3/c1-21-18(23)9-17(20-19(21)24)22-10-15(11-22)25-12-14-7-4-6-13-5-2-3-8-16(13)14/h2-9,15H,10-12H2,1H3,(H,20,24). The van der Waals surface area contributed by atoms with Crippen LogP contribution in [0.2, 0.25) is 0 Å². The number of aromatic nitrogens is 2. The first-order valence-electron chi connectivity index (χ1n) is 8.25. The van der Waals surface area contributed by atoms with Crippen molar-refractivity contribution in [1.82, 2.24) is 9.55 Å². The van der Waals surface area contributed by atoms with Crippen LogP contribution in [0.15, 0.2) is 58.1 Å². The quantitative estimate of drug-likeness (QED) is 0.786. The van der Waals surface area contributed by atoms with Crippen molar-refractivity contribution in [2.45, 2.75) is 12.7 Å². The number of ether oxygens (including phenoxy) is 1. The van der Waals surface area contributed by atoms with Gasteiger partial charge in [0.15, 0.2) is 0 Å². The molecule has 0 bridgehead atoms. The summed E-state index contributed by atoms with van der Waals surface area (Å²) in [4.78, 5) is 28.0. The van der Waals surface area contributed by atoms with Crippen LogP contribution in [-0.4, -0.2) is 28.7 Å². The van der Waals surface area contributed by atoms with Crippen LogP contribution in [0.25, 0.3) is 10.8 Å². The van der Waals surface area contributed by atoms with Crippen LogP contribution in [0.5, 0.6) is 0 Å². The van der Waals surface area contributed by atoms with Crippen molar-refractivity contribution in [1.29, 1.82) is 0 Å². The smallest absolute Gasteiger partial charge is 0.329 e. The Bertz CT molecular complexity index is 995. The molecule has 25 heavy (non-hydrogen) atoms. The van der Waals surface area contributed by atoms with Gasteiger partial charge in [-0.2, -0.15) is 0 Å². The molecule has 1 aliphatic rings. The highest BCUT2D eigenvalue weighted by Gasteiger charge is 2.28. The third kappa shape index (κ3) is 2.96. The molecule has 128 valence electrons. The molecule has 1 fully saturated rings. The summed E-state index contributed by atoms with van der Waals surface area (Å²) in [5.74, 6) is 0.554. The van der Waals surface area contributed by atoms with Gasteiger partial charge in [0.2, 0.25) is 0 Å². The summed E-state index contributed by atoms with van der Waals surface area (Å²) in [6.07, 6.45) is 0.0894. The van der Waals surface area contributed by atoms with E-state index in [1.165, 1.54) is 29.4 Å². The Kier molecular flexibility index (Phi) is 3.89. The fraction of sp³-hybridized carbons (Fsp3) is 0.263. The van der Waals surface area contributed by atoms with Crippen LogP contribution in [0.1, 0.15) is 5.56 Å². The highest BCUT2D eigenvalue weighted by Crippen LogP contribution is 2.22. The Labute approximate surface area is 144 Å². The zero-order chi connectivity index (χ0) is 17.4. The number of nitrogens with one attached hydrogen (secondary N) is 1. The number of anilines is 1. The lowest BCUT2D eigenvalue weighted by molar-refractivity contribution is 0.0226. The average molecular weight is 337 g/mol. The van der Waals surface area contributed by atoms with Crippen LogP contribution in [-0.2, 0) is 18.4 Å². The highest BCUT2D eigenvalue weighted by atomic mass is 16.5. The highest BCUT2D eigenvalue weighted by molar-refractivity contribution is 5.85. The predicted octanol–water partition coefficient (Wildman–Crippen LogP) is 1.63. The maximum Gasteiger partial charge on any atom is 0.329 e. The van der Waals surface area contributed by atoms with Crippen molar-refractivity contribution in [3.05, 3.63) is 74.9 Å². The summed E-state index contributed by atoms with van der Waals surface area (Å²) < 4.78 is 7.04. The number of H-pyrrole nitrogens is 1. The number of hydrogen-bond acceptors (Lipinski definition) is 4. The monoisotopic (exact) mass is 337 g/mol. The van der Waals surface area contributed by atoms with Gasteiger partial charge < -0.3 is 9.64 Å². The van der Waals surface area contributed by atoms with E-state index in [0.29, 0.717) is 25.5 Å². The molecule has 2 heterocycles. The number of rotatable bonds is 4. The van der Waals surface area contributed by atoms with E-state index in [1.807, 2.05) is 23.1 Å². The molecule has 0 amide bonds. The zero-order valence-corrected chi connectivity index (χ0v) is 13.9. The first-order chi connectivity index (χ1) is 12.1. The lowest BCUT2D eigenvalue weighted by Crippen LogP contribution is -2.53. The Hall–Kier alpha value is -2.86. The molecule has 6 heteroatoms. The molecule has 2 aromatic carbocycles. The lowest BCUT2D eigenvalue weighted by atomic mass is 10.1. The minimum absolute atomic E-state index is 0.0894. The van der Waals surface area contributed by atoms with Gasteiger partial charge >= 0.3 is 5.69 Å². The summed E-state index contributed by atoms with van der Waals surface area (Å²) in [6, 6.07) is 15.9. The normalized spacial score (nSPS) is 14.7. The van der Waals surface area contributed by atoms with Crippen LogP contribution in [0.4, 0.5) is 5.82 Å². The van der Waals surface area contributed by atoms with E-state index in [4.69, 9.17) is 4.74 Å². The molecule has 1 N–H and O–H groups in total. The molecule has 0 aliphatic carbocycles. The summed E-state index contributed by atoms with van der Waals surface area (Å²) in [5, 5.41) is 2.41. The lowest BCUT2D eigenvalue weighted by Gasteiger charge is -2.40. The topological polar surface area (TPSA) is 67.3 Å². The number of fused-ring (bicyclic) bond motifs is 1. The maximum atomic E-state index is 11.7. The Morgan fingerprint density at radius 3 is 2.68 bits per heavy atom. The number of aromatic amines is 1. The number of benzene rings is 2. The predicted molar refractivity (Wildman–Crippen MR) is 97.0 cm³/mol. The third-order valence-electron chi connectivity index (χ3n) is 4.67. The summed E-state index contributed by atoms with van der Waals surface area (Å²) in [7, 11) is 1.46. The molecule has 0 spiro atoms. The van der Waals surface area contributed by atoms with E-state index >= 15 is 0 Å². The average Bonchev–Trinajstić information content (AvgIpc) is 2.58. The first kappa shape index (κ1) is 15.7. The summed E-state index contributed by atoms with van der Waals surface area (Å²) in [5.41, 5.74) is 0.458. The molecule has 0 saturated carbocycles. The molecule has 1 aromatic heterocycles. The van der Waals surface area contributed by atoms with Crippen LogP contribution < -0.4 is 16.1 Å². The van der Waals surface area contributed by atoms with Gasteiger partial charge in [-0.25, -0.2) is 4.79 Å². The molecule has 1 aliphatic heterocycles. The molecule has 0 radical (unpaired) electrons. The van der Waals surface area contributed by atoms with E-state index in [-0.39, 0.29) is 11.7 Å². The molecule has 6 nitrogen and oxygen atoms in total. The van der Waals surface area contributed by atoms with E-state index in [9.17, 15) is 9.59 Å². The van der Waals surface area contributed by atoms with Crippen molar-refractivity contribution >= 4 is 16.6 Å². The molecule has 3 aromatic rings. The summed E-state index contributed by atoms with van der Waals surface area (Å²) >= 11 is 0. The molecule has 0 unspecified atom stereocenters. The first-order valence-corrected chi connectivity index (χ1v) is 8.25. The van der Waals surface area contributed by atoms with Gasteiger partial charge in [-0.05, 0) is 16.3 Å². The van der Waals surface area contributed by atoms with Crippen LogP contribution in [0.3, 0.4) is 0 Å². The van der Waals surface area contributed by atoms with Gasteiger partial charge in [-0.1, -0.05) is 42.5 Å². The van der Waals surface area contributed by atoms with E-state index in [0.717, 1.165) is 4.57 Å². The van der Waals surface area contributed by atoms with Gasteiger partial charge in [-0.3, -0.25) is 14.3 Å². The minimum Gasteiger partial charge on any atom is -0.370 e. The maximum absolute atomic E-state index is 11.7. The van der Waals surface area contributed by atoms with E-state index < -0.39 is 5.69 Å². The largest absolute Gasteiger partial charge is 0.370 e. The third-order valence-corrected chi connectivity index (χ3v) is 4.67. The molecular weight excluding hydrogens is 318 g/mol. The molecular formula is C19H19N3O3. The van der Waals surface area contributed by atoms with Crippen LogP contribution in [0, 0.1) is 0 Å². The molecule has 4 rings (SSSR count). The minimum atomic E-state index is -0.400. The van der Waals surface area contributed by atoms with E-state index in [2.05, 4.69) is 29.2 Å². The van der Waals surface area contributed by atoms with Crippen molar-refractivity contribution in [3.8, 4) is 0 Å². The second-order valence-corrected chi connectivity index (χ2v) is 6.33. The second-order valence-electron chi connectivity index (χ2n) is 6.33. The zero-order valence-electron chi connectivity index (χ0n) is 13.9. The van der Waals surface area contributed by atoms with Gasteiger partial charge in [0.05, 0.1) is 12.7 Å². The van der Waals surface area contributed by atoms with Gasteiger partial charge in [0.25, 0.3) is 5.56 Å². The number of hydrogen-bond donors (Lipinski definition) is 1. The van der Waals surface area contributed by atoms with Crippen molar-refractivity contribution in [2.75, 3.05) is 18.0 Å². The van der Waals surface area contributed by atoms with Gasteiger partial charge in [-0.15, -0.1) is 0 Å². The Balaban J connectivity index is 1.40. The van der Waals surface area contributed by atoms with E-state index in [1.54, 1.807) is 0 Å². The Morgan fingerprint density at radius 2 is 1.88 bits per heavy atom.